The Morgan fingerprint density at radius 1 is 1.33 bits per heavy atom. The van der Waals surface area contributed by atoms with Gasteiger partial charge in [0.15, 0.2) is 0 Å². The van der Waals surface area contributed by atoms with Crippen LogP contribution in [-0.4, -0.2) is 0 Å². The highest BCUT2D eigenvalue weighted by atomic mass is 19.1. The second-order valence-electron chi connectivity index (χ2n) is 3.10. The third-order valence-corrected chi connectivity index (χ3v) is 2.01. The minimum absolute atomic E-state index is 0.170. The van der Waals surface area contributed by atoms with Crippen LogP contribution in [0.1, 0.15) is 18.9 Å². The van der Waals surface area contributed by atoms with Gasteiger partial charge >= 0.3 is 0 Å². The second kappa shape index (κ2) is 4.24. The van der Waals surface area contributed by atoms with Crippen molar-refractivity contribution in [1.82, 2.24) is 0 Å². The number of rotatable bonds is 3. The van der Waals surface area contributed by atoms with E-state index in [4.69, 9.17) is 0 Å². The molecule has 1 aromatic rings. The summed E-state index contributed by atoms with van der Waals surface area (Å²) in [5, 5.41) is 0. The van der Waals surface area contributed by atoms with Crippen LogP contribution in [0.15, 0.2) is 24.3 Å². The summed E-state index contributed by atoms with van der Waals surface area (Å²) in [7, 11) is 0. The van der Waals surface area contributed by atoms with Crippen molar-refractivity contribution >= 4 is 0 Å². The number of hydrogen-bond donors (Lipinski definition) is 0. The fraction of sp³-hybridized carbons (Fsp3) is 0.364. The zero-order valence-electron chi connectivity index (χ0n) is 7.39. The first-order valence-electron chi connectivity index (χ1n) is 4.30. The van der Waals surface area contributed by atoms with Gasteiger partial charge in [-0.15, -0.1) is 0 Å². The quantitative estimate of drug-likeness (QED) is 0.645. The fourth-order valence-electron chi connectivity index (χ4n) is 1.10. The van der Waals surface area contributed by atoms with Gasteiger partial charge in [-0.1, -0.05) is 25.5 Å². The SMILES string of the molecule is [CH2]C(CC)Cc1ccc(F)cc1. The fourth-order valence-corrected chi connectivity index (χ4v) is 1.10. The van der Waals surface area contributed by atoms with Crippen molar-refractivity contribution in [3.8, 4) is 0 Å². The standard InChI is InChI=1S/C11H14F/c1-3-9(2)8-10-4-6-11(12)7-5-10/h4-7,9H,2-3,8H2,1H3. The Morgan fingerprint density at radius 2 is 1.92 bits per heavy atom. The second-order valence-corrected chi connectivity index (χ2v) is 3.10. The summed E-state index contributed by atoms with van der Waals surface area (Å²) in [5.41, 5.74) is 1.17. The summed E-state index contributed by atoms with van der Waals surface area (Å²) in [4.78, 5) is 0. The zero-order chi connectivity index (χ0) is 8.97. The van der Waals surface area contributed by atoms with Crippen molar-refractivity contribution in [2.24, 2.45) is 5.92 Å². The van der Waals surface area contributed by atoms with Gasteiger partial charge in [-0.05, 0) is 37.0 Å². The van der Waals surface area contributed by atoms with Gasteiger partial charge in [0.05, 0.1) is 0 Å². The molecule has 0 N–H and O–H groups in total. The molecular weight excluding hydrogens is 151 g/mol. The highest BCUT2D eigenvalue weighted by molar-refractivity contribution is 5.16. The third kappa shape index (κ3) is 2.65. The molecule has 1 aromatic carbocycles. The summed E-state index contributed by atoms with van der Waals surface area (Å²) in [5.74, 6) is 0.270. The van der Waals surface area contributed by atoms with Crippen molar-refractivity contribution in [2.75, 3.05) is 0 Å². The van der Waals surface area contributed by atoms with Crippen molar-refractivity contribution in [3.63, 3.8) is 0 Å². The molecule has 0 aliphatic rings. The minimum atomic E-state index is -0.170. The number of hydrogen-bond acceptors (Lipinski definition) is 0. The maximum atomic E-state index is 12.5. The molecule has 0 aliphatic heterocycles. The third-order valence-electron chi connectivity index (χ3n) is 2.01. The van der Waals surface area contributed by atoms with E-state index in [1.54, 1.807) is 0 Å². The molecule has 1 heteroatoms. The van der Waals surface area contributed by atoms with Crippen LogP contribution < -0.4 is 0 Å². The van der Waals surface area contributed by atoms with E-state index < -0.39 is 0 Å². The average Bonchev–Trinajstić information content (AvgIpc) is 2.09. The van der Waals surface area contributed by atoms with Gasteiger partial charge in [0, 0.05) is 0 Å². The average molecular weight is 165 g/mol. The lowest BCUT2D eigenvalue weighted by Crippen LogP contribution is -1.97. The molecular formula is C11H14F. The first-order valence-corrected chi connectivity index (χ1v) is 4.30. The molecule has 12 heavy (non-hydrogen) atoms. The molecule has 0 fully saturated rings. The Hall–Kier alpha value is -0.850. The molecule has 0 amide bonds. The first kappa shape index (κ1) is 9.24. The number of benzene rings is 1. The summed E-state index contributed by atoms with van der Waals surface area (Å²) < 4.78 is 12.5. The molecule has 0 heterocycles. The molecule has 0 spiro atoms. The maximum absolute atomic E-state index is 12.5. The largest absolute Gasteiger partial charge is 0.207 e. The van der Waals surface area contributed by atoms with Crippen molar-refractivity contribution in [1.29, 1.82) is 0 Å². The molecule has 1 radical (unpaired) electrons. The van der Waals surface area contributed by atoms with E-state index in [9.17, 15) is 4.39 Å². The molecule has 1 atom stereocenters. The molecule has 0 saturated carbocycles. The van der Waals surface area contributed by atoms with Crippen LogP contribution in [0.4, 0.5) is 4.39 Å². The van der Waals surface area contributed by atoms with Crippen LogP contribution in [0.25, 0.3) is 0 Å². The number of halogens is 1. The lowest BCUT2D eigenvalue weighted by atomic mass is 9.99. The van der Waals surface area contributed by atoms with Crippen LogP contribution in [0.2, 0.25) is 0 Å². The molecule has 65 valence electrons. The topological polar surface area (TPSA) is 0 Å². The Morgan fingerprint density at radius 3 is 2.42 bits per heavy atom. The molecule has 1 unspecified atom stereocenters. The van der Waals surface area contributed by atoms with E-state index in [2.05, 4.69) is 13.8 Å². The van der Waals surface area contributed by atoms with E-state index in [1.807, 2.05) is 12.1 Å². The molecule has 0 aliphatic carbocycles. The van der Waals surface area contributed by atoms with E-state index in [-0.39, 0.29) is 5.82 Å². The Balaban J connectivity index is 2.58. The van der Waals surface area contributed by atoms with E-state index >= 15 is 0 Å². The Labute approximate surface area is 73.4 Å². The maximum Gasteiger partial charge on any atom is 0.123 e. The van der Waals surface area contributed by atoms with Gasteiger partial charge in [-0.2, -0.15) is 0 Å². The van der Waals surface area contributed by atoms with E-state index in [0.29, 0.717) is 5.92 Å². The highest BCUT2D eigenvalue weighted by Gasteiger charge is 2.00. The van der Waals surface area contributed by atoms with Crippen molar-refractivity contribution < 1.29 is 4.39 Å². The smallest absolute Gasteiger partial charge is 0.123 e. The van der Waals surface area contributed by atoms with Crippen LogP contribution in [-0.2, 0) is 6.42 Å². The molecule has 0 saturated heterocycles. The van der Waals surface area contributed by atoms with Crippen molar-refractivity contribution in [2.45, 2.75) is 19.8 Å². The summed E-state index contributed by atoms with van der Waals surface area (Å²) in [6.07, 6.45) is 2.01. The first-order chi connectivity index (χ1) is 5.72. The lowest BCUT2D eigenvalue weighted by molar-refractivity contribution is 0.611. The molecule has 1 rings (SSSR count). The van der Waals surface area contributed by atoms with Crippen LogP contribution in [0.3, 0.4) is 0 Å². The Bertz CT molecular complexity index is 225. The zero-order valence-corrected chi connectivity index (χ0v) is 7.39. The summed E-state index contributed by atoms with van der Waals surface area (Å²) in [6.45, 7) is 6.09. The van der Waals surface area contributed by atoms with Gasteiger partial charge in [0.25, 0.3) is 0 Å². The molecule has 0 aromatic heterocycles. The van der Waals surface area contributed by atoms with Gasteiger partial charge in [0.1, 0.15) is 5.82 Å². The van der Waals surface area contributed by atoms with Crippen LogP contribution in [0, 0.1) is 18.7 Å². The lowest BCUT2D eigenvalue weighted by Gasteiger charge is -2.07. The van der Waals surface area contributed by atoms with E-state index in [0.717, 1.165) is 12.8 Å². The van der Waals surface area contributed by atoms with Crippen molar-refractivity contribution in [3.05, 3.63) is 42.6 Å². The molecule has 0 nitrogen and oxygen atoms in total. The van der Waals surface area contributed by atoms with E-state index in [1.165, 1.54) is 17.7 Å². The normalized spacial score (nSPS) is 12.9. The predicted octanol–water partition coefficient (Wildman–Crippen LogP) is 3.23. The van der Waals surface area contributed by atoms with Gasteiger partial charge in [0.2, 0.25) is 0 Å². The predicted molar refractivity (Wildman–Crippen MR) is 49.2 cm³/mol. The van der Waals surface area contributed by atoms with Crippen LogP contribution in [0.5, 0.6) is 0 Å². The van der Waals surface area contributed by atoms with Gasteiger partial charge in [-0.3, -0.25) is 0 Å². The van der Waals surface area contributed by atoms with Crippen LogP contribution >= 0.6 is 0 Å². The summed E-state index contributed by atoms with van der Waals surface area (Å²) >= 11 is 0. The van der Waals surface area contributed by atoms with Gasteiger partial charge < -0.3 is 0 Å². The Kier molecular flexibility index (Phi) is 3.27. The monoisotopic (exact) mass is 165 g/mol. The van der Waals surface area contributed by atoms with Gasteiger partial charge in [-0.25, -0.2) is 4.39 Å². The minimum Gasteiger partial charge on any atom is -0.207 e. The summed E-state index contributed by atoms with van der Waals surface area (Å²) in [6, 6.07) is 6.64. The highest BCUT2D eigenvalue weighted by Crippen LogP contribution is 2.11. The molecule has 0 bridgehead atoms.